The fourth-order valence-corrected chi connectivity index (χ4v) is 3.85. The number of halogens is 1. The molecule has 0 spiro atoms. The van der Waals surface area contributed by atoms with Crippen LogP contribution in [0.2, 0.25) is 0 Å². The van der Waals surface area contributed by atoms with Gasteiger partial charge in [0.25, 0.3) is 0 Å². The molecular weight excluding hydrogens is 367 g/mol. The van der Waals surface area contributed by atoms with Gasteiger partial charge in [0.2, 0.25) is 0 Å². The van der Waals surface area contributed by atoms with Gasteiger partial charge in [0.15, 0.2) is 0 Å². The molecule has 4 nitrogen and oxygen atoms in total. The van der Waals surface area contributed by atoms with E-state index in [1.807, 2.05) is 51.1 Å². The Morgan fingerprint density at radius 3 is 2.41 bits per heavy atom. The summed E-state index contributed by atoms with van der Waals surface area (Å²) in [5, 5.41) is 3.73. The van der Waals surface area contributed by atoms with Crippen LogP contribution in [0.1, 0.15) is 57.2 Å². The van der Waals surface area contributed by atoms with E-state index < -0.39 is 5.60 Å². The Hall–Kier alpha value is -2.40. The van der Waals surface area contributed by atoms with Crippen LogP contribution >= 0.6 is 0 Å². The highest BCUT2D eigenvalue weighted by atomic mass is 19.1. The molecule has 1 N–H and O–H groups in total. The summed E-state index contributed by atoms with van der Waals surface area (Å²) in [6.07, 6.45) is 0.512. The molecule has 1 fully saturated rings. The Morgan fingerprint density at radius 2 is 1.79 bits per heavy atom. The van der Waals surface area contributed by atoms with Gasteiger partial charge in [-0.1, -0.05) is 42.5 Å². The number of carbonyl (C=O) groups excluding carboxylic acids is 1. The first-order valence-corrected chi connectivity index (χ1v) is 10.3. The zero-order chi connectivity index (χ0) is 21.0. The lowest BCUT2D eigenvalue weighted by Crippen LogP contribution is -2.51. The van der Waals surface area contributed by atoms with Gasteiger partial charge in [-0.2, -0.15) is 0 Å². The summed E-state index contributed by atoms with van der Waals surface area (Å²) >= 11 is 0. The van der Waals surface area contributed by atoms with Crippen molar-refractivity contribution >= 4 is 6.09 Å². The summed E-state index contributed by atoms with van der Waals surface area (Å²) in [5.41, 5.74) is 1.72. The predicted molar refractivity (Wildman–Crippen MR) is 113 cm³/mol. The standard InChI is InChI=1S/C24H31FN2O2/c1-17(18-8-6-5-7-9-18)26-22-14-15-27(23(28)29-24(2,3)4)16-21(22)19-10-12-20(25)13-11-19/h5-13,17,21-22,26H,14-16H2,1-4H3/t17?,21-,22-/m1/s1. The molecule has 2 aromatic rings. The van der Waals surface area contributed by atoms with Gasteiger partial charge in [-0.05, 0) is 57.4 Å². The summed E-state index contributed by atoms with van der Waals surface area (Å²) < 4.78 is 19.0. The van der Waals surface area contributed by atoms with Gasteiger partial charge in [-0.15, -0.1) is 0 Å². The number of likely N-dealkylation sites (tertiary alicyclic amines) is 1. The van der Waals surface area contributed by atoms with Crippen molar-refractivity contribution in [2.24, 2.45) is 0 Å². The quantitative estimate of drug-likeness (QED) is 0.763. The molecule has 1 unspecified atom stereocenters. The van der Waals surface area contributed by atoms with Crippen LogP contribution < -0.4 is 5.32 Å². The zero-order valence-electron chi connectivity index (χ0n) is 17.7. The molecule has 1 amide bonds. The average molecular weight is 399 g/mol. The van der Waals surface area contributed by atoms with E-state index in [0.717, 1.165) is 12.0 Å². The van der Waals surface area contributed by atoms with Gasteiger partial charge in [-0.25, -0.2) is 9.18 Å². The molecular formula is C24H31FN2O2. The molecule has 0 aliphatic carbocycles. The van der Waals surface area contributed by atoms with Gasteiger partial charge < -0.3 is 15.0 Å². The highest BCUT2D eigenvalue weighted by Gasteiger charge is 2.35. The number of piperidine rings is 1. The number of benzene rings is 2. The van der Waals surface area contributed by atoms with Crippen LogP contribution in [-0.4, -0.2) is 35.7 Å². The van der Waals surface area contributed by atoms with Gasteiger partial charge in [0.1, 0.15) is 11.4 Å². The smallest absolute Gasteiger partial charge is 0.410 e. The van der Waals surface area contributed by atoms with Crippen LogP contribution in [0.5, 0.6) is 0 Å². The molecule has 1 aliphatic rings. The fourth-order valence-electron chi connectivity index (χ4n) is 3.85. The molecule has 3 atom stereocenters. The monoisotopic (exact) mass is 398 g/mol. The van der Waals surface area contributed by atoms with Crippen molar-refractivity contribution in [2.45, 2.75) is 57.7 Å². The lowest BCUT2D eigenvalue weighted by molar-refractivity contribution is 0.0172. The minimum absolute atomic E-state index is 0.0584. The number of carbonyl (C=O) groups is 1. The Morgan fingerprint density at radius 1 is 1.14 bits per heavy atom. The van der Waals surface area contributed by atoms with Crippen molar-refractivity contribution in [1.29, 1.82) is 0 Å². The number of nitrogens with one attached hydrogen (secondary N) is 1. The van der Waals surface area contributed by atoms with E-state index in [1.54, 1.807) is 4.90 Å². The first-order chi connectivity index (χ1) is 13.7. The summed E-state index contributed by atoms with van der Waals surface area (Å²) in [6.45, 7) is 8.94. The third kappa shape index (κ3) is 5.80. The van der Waals surface area contributed by atoms with E-state index in [4.69, 9.17) is 4.74 Å². The molecule has 2 aromatic carbocycles. The van der Waals surface area contributed by atoms with Crippen molar-refractivity contribution in [3.63, 3.8) is 0 Å². The van der Waals surface area contributed by atoms with Crippen molar-refractivity contribution in [3.8, 4) is 0 Å². The summed E-state index contributed by atoms with van der Waals surface area (Å²) in [4.78, 5) is 14.4. The number of ether oxygens (including phenoxy) is 1. The summed E-state index contributed by atoms with van der Waals surface area (Å²) in [5.74, 6) is -0.196. The molecule has 1 saturated heterocycles. The topological polar surface area (TPSA) is 41.6 Å². The van der Waals surface area contributed by atoms with E-state index in [1.165, 1.54) is 17.7 Å². The first kappa shape index (κ1) is 21.3. The number of hydrogen-bond acceptors (Lipinski definition) is 3. The maximum absolute atomic E-state index is 13.5. The molecule has 0 radical (unpaired) electrons. The minimum Gasteiger partial charge on any atom is -0.444 e. The van der Waals surface area contributed by atoms with Crippen molar-refractivity contribution in [3.05, 3.63) is 71.5 Å². The van der Waals surface area contributed by atoms with E-state index in [-0.39, 0.29) is 29.9 Å². The van der Waals surface area contributed by atoms with Gasteiger partial charge in [0.05, 0.1) is 0 Å². The van der Waals surface area contributed by atoms with Crippen LogP contribution in [0.3, 0.4) is 0 Å². The summed E-state index contributed by atoms with van der Waals surface area (Å²) in [6, 6.07) is 17.3. The normalized spacial score (nSPS) is 20.9. The number of nitrogens with zero attached hydrogens (tertiary/aromatic N) is 1. The van der Waals surface area contributed by atoms with E-state index >= 15 is 0 Å². The molecule has 0 bridgehead atoms. The van der Waals surface area contributed by atoms with Crippen LogP contribution in [0, 0.1) is 5.82 Å². The second-order valence-electron chi connectivity index (χ2n) is 8.78. The summed E-state index contributed by atoms with van der Waals surface area (Å²) in [7, 11) is 0. The molecule has 1 heterocycles. The third-order valence-corrected chi connectivity index (χ3v) is 5.33. The van der Waals surface area contributed by atoms with Crippen molar-refractivity contribution in [2.75, 3.05) is 13.1 Å². The van der Waals surface area contributed by atoms with E-state index in [2.05, 4.69) is 24.4 Å². The third-order valence-electron chi connectivity index (χ3n) is 5.33. The van der Waals surface area contributed by atoms with Crippen molar-refractivity contribution < 1.29 is 13.9 Å². The predicted octanol–water partition coefficient (Wildman–Crippen LogP) is 5.27. The molecule has 0 saturated carbocycles. The Bertz CT molecular complexity index is 802. The molecule has 1 aliphatic heterocycles. The second-order valence-corrected chi connectivity index (χ2v) is 8.78. The lowest BCUT2D eigenvalue weighted by atomic mass is 9.85. The fraction of sp³-hybridized carbons (Fsp3) is 0.458. The number of hydrogen-bond donors (Lipinski definition) is 1. The van der Waals surface area contributed by atoms with Crippen LogP contribution in [-0.2, 0) is 4.74 Å². The molecule has 5 heteroatoms. The number of rotatable bonds is 4. The Kier molecular flexibility index (Phi) is 6.58. The highest BCUT2D eigenvalue weighted by molar-refractivity contribution is 5.68. The Balaban J connectivity index is 1.78. The Labute approximate surface area is 173 Å². The molecule has 29 heavy (non-hydrogen) atoms. The SMILES string of the molecule is CC(N[C@@H]1CCN(C(=O)OC(C)(C)C)C[C@@H]1c1ccc(F)cc1)c1ccccc1. The van der Waals surface area contributed by atoms with Crippen LogP contribution in [0.4, 0.5) is 9.18 Å². The second kappa shape index (κ2) is 8.95. The minimum atomic E-state index is -0.528. The molecule has 156 valence electrons. The van der Waals surface area contributed by atoms with Gasteiger partial charge in [-0.3, -0.25) is 0 Å². The van der Waals surface area contributed by atoms with Crippen molar-refractivity contribution in [1.82, 2.24) is 10.2 Å². The number of amides is 1. The first-order valence-electron chi connectivity index (χ1n) is 10.3. The zero-order valence-corrected chi connectivity index (χ0v) is 17.7. The van der Waals surface area contributed by atoms with Gasteiger partial charge in [0, 0.05) is 31.1 Å². The molecule has 3 rings (SSSR count). The maximum Gasteiger partial charge on any atom is 0.410 e. The molecule has 0 aromatic heterocycles. The van der Waals surface area contributed by atoms with Crippen LogP contribution in [0.15, 0.2) is 54.6 Å². The maximum atomic E-state index is 13.5. The lowest BCUT2D eigenvalue weighted by Gasteiger charge is -2.40. The van der Waals surface area contributed by atoms with E-state index in [9.17, 15) is 9.18 Å². The highest BCUT2D eigenvalue weighted by Crippen LogP contribution is 2.30. The van der Waals surface area contributed by atoms with Gasteiger partial charge >= 0.3 is 6.09 Å². The van der Waals surface area contributed by atoms with Crippen LogP contribution in [0.25, 0.3) is 0 Å². The average Bonchev–Trinajstić information content (AvgIpc) is 2.68. The van der Waals surface area contributed by atoms with E-state index in [0.29, 0.717) is 13.1 Å². The largest absolute Gasteiger partial charge is 0.444 e.